The lowest BCUT2D eigenvalue weighted by Crippen LogP contribution is -2.28. The van der Waals surface area contributed by atoms with Crippen molar-refractivity contribution in [3.05, 3.63) is 62.6 Å². The van der Waals surface area contributed by atoms with Crippen LogP contribution in [-0.4, -0.2) is 30.8 Å². The second-order valence-corrected chi connectivity index (χ2v) is 8.82. The van der Waals surface area contributed by atoms with Crippen molar-refractivity contribution in [1.82, 2.24) is 9.47 Å². The Kier molecular flexibility index (Phi) is 6.04. The molecule has 2 aromatic carbocycles. The number of nitrogens with two attached hydrogens (primary N) is 1. The Labute approximate surface area is 176 Å². The summed E-state index contributed by atoms with van der Waals surface area (Å²) in [5.74, 6) is -0.884. The van der Waals surface area contributed by atoms with E-state index in [1.807, 2.05) is 0 Å². The van der Waals surface area contributed by atoms with Crippen LogP contribution in [0.3, 0.4) is 0 Å². The standard InChI is InChI=1S/C18H17Cl2N3O5S/c1-22(10-11-2-4-13(19)14(20)8-11)17(24)6-7-23-15-5-3-12(29(21,26)27)9-16(15)28-18(23)25/h2-5,8-9H,6-7,10H2,1H3,(H2,21,26,27). The van der Waals surface area contributed by atoms with Crippen LogP contribution in [0.4, 0.5) is 0 Å². The number of oxazole rings is 1. The van der Waals surface area contributed by atoms with Gasteiger partial charge >= 0.3 is 5.76 Å². The SMILES string of the molecule is CN(Cc1ccc(Cl)c(Cl)c1)C(=O)CCn1c(=O)oc2cc(S(N)(=O)=O)ccc21. The van der Waals surface area contributed by atoms with Crippen LogP contribution in [0.5, 0.6) is 0 Å². The molecule has 0 spiro atoms. The molecule has 0 saturated heterocycles. The summed E-state index contributed by atoms with van der Waals surface area (Å²) in [6.45, 7) is 0.402. The van der Waals surface area contributed by atoms with Crippen molar-refractivity contribution >= 4 is 50.2 Å². The molecule has 0 atom stereocenters. The lowest BCUT2D eigenvalue weighted by atomic mass is 10.2. The minimum absolute atomic E-state index is 0.0449. The van der Waals surface area contributed by atoms with E-state index >= 15 is 0 Å². The third kappa shape index (κ3) is 4.81. The van der Waals surface area contributed by atoms with E-state index in [0.29, 0.717) is 22.1 Å². The molecule has 3 aromatic rings. The average molecular weight is 458 g/mol. The number of benzene rings is 2. The summed E-state index contributed by atoms with van der Waals surface area (Å²) in [6, 6.07) is 9.00. The van der Waals surface area contributed by atoms with Crippen LogP contribution in [0.1, 0.15) is 12.0 Å². The Bertz CT molecular complexity index is 1250. The topological polar surface area (TPSA) is 116 Å². The van der Waals surface area contributed by atoms with Gasteiger partial charge in [0.25, 0.3) is 0 Å². The fraction of sp³-hybridized carbons (Fsp3) is 0.222. The quantitative estimate of drug-likeness (QED) is 0.610. The number of amides is 1. The van der Waals surface area contributed by atoms with Crippen molar-refractivity contribution in [2.75, 3.05) is 7.05 Å². The summed E-state index contributed by atoms with van der Waals surface area (Å²) in [7, 11) is -2.28. The zero-order valence-electron chi connectivity index (χ0n) is 15.3. The van der Waals surface area contributed by atoms with Gasteiger partial charge in [-0.3, -0.25) is 9.36 Å². The number of carbonyl (C=O) groups excluding carboxylic acids is 1. The first-order valence-corrected chi connectivity index (χ1v) is 10.7. The van der Waals surface area contributed by atoms with E-state index in [4.69, 9.17) is 32.8 Å². The van der Waals surface area contributed by atoms with E-state index in [2.05, 4.69) is 0 Å². The summed E-state index contributed by atoms with van der Waals surface area (Å²) in [6.07, 6.45) is 0.0449. The van der Waals surface area contributed by atoms with Gasteiger partial charge in [0, 0.05) is 32.6 Å². The van der Waals surface area contributed by atoms with Crippen molar-refractivity contribution in [3.8, 4) is 0 Å². The highest BCUT2D eigenvalue weighted by molar-refractivity contribution is 7.89. The van der Waals surface area contributed by atoms with Gasteiger partial charge in [0.05, 0.1) is 20.5 Å². The maximum Gasteiger partial charge on any atom is 0.419 e. The number of aryl methyl sites for hydroxylation is 1. The number of fused-ring (bicyclic) bond motifs is 1. The number of sulfonamides is 1. The Morgan fingerprint density at radius 3 is 2.55 bits per heavy atom. The van der Waals surface area contributed by atoms with Gasteiger partial charge in [-0.15, -0.1) is 0 Å². The monoisotopic (exact) mass is 457 g/mol. The highest BCUT2D eigenvalue weighted by Gasteiger charge is 2.16. The molecule has 0 fully saturated rings. The van der Waals surface area contributed by atoms with E-state index in [-0.39, 0.29) is 29.4 Å². The normalized spacial score (nSPS) is 11.7. The third-order valence-electron chi connectivity index (χ3n) is 4.35. The van der Waals surface area contributed by atoms with E-state index < -0.39 is 15.8 Å². The first-order valence-electron chi connectivity index (χ1n) is 8.40. The van der Waals surface area contributed by atoms with Crippen LogP contribution in [0.2, 0.25) is 10.0 Å². The molecule has 3 rings (SSSR count). The number of aromatic nitrogens is 1. The summed E-state index contributed by atoms with van der Waals surface area (Å²) >= 11 is 11.9. The van der Waals surface area contributed by atoms with Crippen LogP contribution >= 0.6 is 23.2 Å². The van der Waals surface area contributed by atoms with Gasteiger partial charge in [0.1, 0.15) is 0 Å². The van der Waals surface area contributed by atoms with E-state index in [1.54, 1.807) is 25.2 Å². The van der Waals surface area contributed by atoms with E-state index in [1.165, 1.54) is 27.7 Å². The Balaban J connectivity index is 1.72. The van der Waals surface area contributed by atoms with E-state index in [0.717, 1.165) is 5.56 Å². The minimum atomic E-state index is -3.92. The number of carbonyl (C=O) groups is 1. The molecule has 0 aliphatic heterocycles. The molecule has 11 heteroatoms. The summed E-state index contributed by atoms with van der Waals surface area (Å²) in [5, 5.41) is 5.92. The van der Waals surface area contributed by atoms with E-state index in [9.17, 15) is 18.0 Å². The lowest BCUT2D eigenvalue weighted by molar-refractivity contribution is -0.130. The van der Waals surface area contributed by atoms with Crippen LogP contribution in [0, 0.1) is 0 Å². The van der Waals surface area contributed by atoms with Crippen molar-refractivity contribution in [1.29, 1.82) is 0 Å². The van der Waals surface area contributed by atoms with Gasteiger partial charge in [-0.1, -0.05) is 29.3 Å². The van der Waals surface area contributed by atoms with Gasteiger partial charge in [0.2, 0.25) is 15.9 Å². The predicted molar refractivity (Wildman–Crippen MR) is 109 cm³/mol. The van der Waals surface area contributed by atoms with Crippen LogP contribution in [-0.2, 0) is 27.9 Å². The van der Waals surface area contributed by atoms with Crippen LogP contribution in [0.25, 0.3) is 11.1 Å². The molecule has 1 aromatic heterocycles. The largest absolute Gasteiger partial charge is 0.419 e. The molecular formula is C18H17Cl2N3O5S. The fourth-order valence-electron chi connectivity index (χ4n) is 2.83. The predicted octanol–water partition coefficient (Wildman–Crippen LogP) is 2.60. The zero-order valence-corrected chi connectivity index (χ0v) is 17.6. The lowest BCUT2D eigenvalue weighted by Gasteiger charge is -2.17. The van der Waals surface area contributed by atoms with Crippen molar-refractivity contribution in [3.63, 3.8) is 0 Å². The molecule has 29 heavy (non-hydrogen) atoms. The zero-order chi connectivity index (χ0) is 21.3. The Morgan fingerprint density at radius 1 is 1.17 bits per heavy atom. The average Bonchev–Trinajstić information content (AvgIpc) is 2.96. The first kappa shape index (κ1) is 21.4. The maximum absolute atomic E-state index is 12.5. The van der Waals surface area contributed by atoms with Gasteiger partial charge < -0.3 is 9.32 Å². The number of halogens is 2. The van der Waals surface area contributed by atoms with Gasteiger partial charge in [0.15, 0.2) is 5.58 Å². The number of primary sulfonamides is 1. The molecule has 2 N–H and O–H groups in total. The second-order valence-electron chi connectivity index (χ2n) is 6.44. The molecule has 1 heterocycles. The molecule has 8 nitrogen and oxygen atoms in total. The molecule has 1 amide bonds. The number of nitrogens with zero attached hydrogens (tertiary/aromatic N) is 2. The van der Waals surface area contributed by atoms with Gasteiger partial charge in [-0.25, -0.2) is 18.4 Å². The molecule has 0 aliphatic carbocycles. The fourth-order valence-corrected chi connectivity index (χ4v) is 3.68. The van der Waals surface area contributed by atoms with Crippen molar-refractivity contribution in [2.24, 2.45) is 5.14 Å². The molecule has 0 saturated carbocycles. The summed E-state index contributed by atoms with van der Waals surface area (Å²) in [4.78, 5) is 25.9. The van der Waals surface area contributed by atoms with Crippen LogP contribution < -0.4 is 10.9 Å². The Morgan fingerprint density at radius 2 is 1.90 bits per heavy atom. The highest BCUT2D eigenvalue weighted by Crippen LogP contribution is 2.23. The molecule has 0 unspecified atom stereocenters. The second kappa shape index (κ2) is 8.19. The summed E-state index contributed by atoms with van der Waals surface area (Å²) < 4.78 is 29.2. The Hall–Kier alpha value is -2.33. The number of hydrogen-bond acceptors (Lipinski definition) is 5. The smallest absolute Gasteiger partial charge is 0.408 e. The minimum Gasteiger partial charge on any atom is -0.408 e. The molecule has 154 valence electrons. The van der Waals surface area contributed by atoms with Gasteiger partial charge in [-0.2, -0.15) is 0 Å². The molecule has 0 aliphatic rings. The maximum atomic E-state index is 12.5. The van der Waals surface area contributed by atoms with Crippen molar-refractivity contribution < 1.29 is 17.6 Å². The first-order chi connectivity index (χ1) is 13.6. The van der Waals surface area contributed by atoms with Crippen LogP contribution in [0.15, 0.2) is 50.5 Å². The summed E-state index contributed by atoms with van der Waals surface area (Å²) in [5.41, 5.74) is 1.28. The van der Waals surface area contributed by atoms with Gasteiger partial charge in [-0.05, 0) is 29.8 Å². The molecule has 0 bridgehead atoms. The third-order valence-corrected chi connectivity index (χ3v) is 6.00. The highest BCUT2D eigenvalue weighted by atomic mass is 35.5. The number of rotatable bonds is 6. The molecular weight excluding hydrogens is 441 g/mol. The number of hydrogen-bond donors (Lipinski definition) is 1. The van der Waals surface area contributed by atoms with Crippen molar-refractivity contribution in [2.45, 2.75) is 24.4 Å². The molecule has 0 radical (unpaired) electrons.